The Labute approximate surface area is 146 Å². The number of hydrogen-bond acceptors (Lipinski definition) is 5. The Morgan fingerprint density at radius 2 is 2.00 bits per heavy atom. The molecule has 2 aromatic rings. The van der Waals surface area contributed by atoms with Crippen LogP contribution in [0.5, 0.6) is 0 Å². The van der Waals surface area contributed by atoms with Crippen molar-refractivity contribution in [1.82, 2.24) is 10.0 Å². The Hall–Kier alpha value is -1.64. The number of sulfonamides is 1. The van der Waals surface area contributed by atoms with Gasteiger partial charge >= 0.3 is 0 Å². The average molecular weight is 370 g/mol. The number of furan rings is 1. The lowest BCUT2D eigenvalue weighted by molar-refractivity contribution is 0.0906. The highest BCUT2D eigenvalue weighted by molar-refractivity contribution is 7.89. The number of carbonyl (C=O) groups is 1. The standard InChI is InChI=1S/C16H22N2O4S2/c1-11(9-12-7-8-23-10-12)17-15(19)13-5-6-14(22-13)24(20,21)18-16(2,3)4/h5-8,10-11,18H,9H2,1-4H3,(H,17,19). The minimum Gasteiger partial charge on any atom is -0.438 e. The maximum Gasteiger partial charge on any atom is 0.287 e. The molecule has 1 atom stereocenters. The molecule has 0 aliphatic carbocycles. The molecule has 0 radical (unpaired) electrons. The van der Waals surface area contributed by atoms with Gasteiger partial charge in [0, 0.05) is 11.6 Å². The molecule has 0 aliphatic heterocycles. The molecule has 0 aliphatic rings. The van der Waals surface area contributed by atoms with Crippen LogP contribution in [0.1, 0.15) is 43.8 Å². The third-order valence-electron chi connectivity index (χ3n) is 3.01. The van der Waals surface area contributed by atoms with Crippen LogP contribution in [0.3, 0.4) is 0 Å². The number of amides is 1. The zero-order chi connectivity index (χ0) is 18.0. The Morgan fingerprint density at radius 1 is 1.29 bits per heavy atom. The van der Waals surface area contributed by atoms with Crippen LogP contribution in [-0.2, 0) is 16.4 Å². The van der Waals surface area contributed by atoms with E-state index in [1.165, 1.54) is 12.1 Å². The lowest BCUT2D eigenvalue weighted by Gasteiger charge is -2.19. The summed E-state index contributed by atoms with van der Waals surface area (Å²) < 4.78 is 32.1. The van der Waals surface area contributed by atoms with Gasteiger partial charge in [-0.2, -0.15) is 11.3 Å². The maximum atomic E-state index is 12.2. The SMILES string of the molecule is CC(Cc1ccsc1)NC(=O)c1ccc(S(=O)(=O)NC(C)(C)C)o1. The molecular formula is C16H22N2O4S2. The van der Waals surface area contributed by atoms with Crippen LogP contribution < -0.4 is 10.0 Å². The van der Waals surface area contributed by atoms with Crippen molar-refractivity contribution < 1.29 is 17.6 Å². The highest BCUT2D eigenvalue weighted by Crippen LogP contribution is 2.17. The van der Waals surface area contributed by atoms with Crippen LogP contribution in [0.25, 0.3) is 0 Å². The van der Waals surface area contributed by atoms with E-state index in [-0.39, 0.29) is 16.9 Å². The largest absolute Gasteiger partial charge is 0.438 e. The molecule has 1 unspecified atom stereocenters. The molecule has 0 fully saturated rings. The molecule has 2 heterocycles. The van der Waals surface area contributed by atoms with E-state index in [1.807, 2.05) is 23.8 Å². The van der Waals surface area contributed by atoms with E-state index in [4.69, 9.17) is 4.42 Å². The van der Waals surface area contributed by atoms with Gasteiger partial charge in [0.25, 0.3) is 15.9 Å². The van der Waals surface area contributed by atoms with Crippen LogP contribution in [0.15, 0.2) is 38.5 Å². The monoisotopic (exact) mass is 370 g/mol. The van der Waals surface area contributed by atoms with Crippen LogP contribution >= 0.6 is 11.3 Å². The van der Waals surface area contributed by atoms with Crippen molar-refractivity contribution in [3.05, 3.63) is 40.3 Å². The first-order valence-corrected chi connectivity index (χ1v) is 9.95. The molecule has 0 saturated carbocycles. The molecule has 132 valence electrons. The summed E-state index contributed by atoms with van der Waals surface area (Å²) in [4.78, 5) is 12.2. The molecular weight excluding hydrogens is 348 g/mol. The summed E-state index contributed by atoms with van der Waals surface area (Å²) in [5, 5.41) is 6.54. The van der Waals surface area contributed by atoms with Crippen molar-refractivity contribution in [2.24, 2.45) is 0 Å². The number of hydrogen-bond donors (Lipinski definition) is 2. The van der Waals surface area contributed by atoms with E-state index in [2.05, 4.69) is 10.0 Å². The van der Waals surface area contributed by atoms with Gasteiger partial charge < -0.3 is 9.73 Å². The number of nitrogens with one attached hydrogen (secondary N) is 2. The molecule has 0 spiro atoms. The van der Waals surface area contributed by atoms with Gasteiger partial charge in [0.15, 0.2) is 5.76 Å². The molecule has 0 bridgehead atoms. The third-order valence-corrected chi connectivity index (χ3v) is 5.37. The normalized spacial score (nSPS) is 13.7. The third kappa shape index (κ3) is 5.19. The Kier molecular flexibility index (Phi) is 5.52. The fraction of sp³-hybridized carbons (Fsp3) is 0.438. The van der Waals surface area contributed by atoms with Crippen molar-refractivity contribution in [2.45, 2.75) is 50.8 Å². The number of carbonyl (C=O) groups excluding carboxylic acids is 1. The van der Waals surface area contributed by atoms with Crippen molar-refractivity contribution in [1.29, 1.82) is 0 Å². The molecule has 2 rings (SSSR count). The first-order valence-electron chi connectivity index (χ1n) is 7.52. The second-order valence-corrected chi connectivity index (χ2v) is 9.08. The number of rotatable bonds is 6. The first kappa shape index (κ1) is 18.7. The molecule has 2 N–H and O–H groups in total. The maximum absolute atomic E-state index is 12.2. The zero-order valence-electron chi connectivity index (χ0n) is 14.1. The first-order chi connectivity index (χ1) is 11.1. The lowest BCUT2D eigenvalue weighted by atomic mass is 10.1. The van der Waals surface area contributed by atoms with Crippen molar-refractivity contribution in [3.8, 4) is 0 Å². The zero-order valence-corrected chi connectivity index (χ0v) is 15.8. The van der Waals surface area contributed by atoms with Gasteiger partial charge in [-0.3, -0.25) is 4.79 Å². The summed E-state index contributed by atoms with van der Waals surface area (Å²) >= 11 is 1.60. The molecule has 0 aromatic carbocycles. The van der Waals surface area contributed by atoms with Crippen molar-refractivity contribution in [3.63, 3.8) is 0 Å². The lowest BCUT2D eigenvalue weighted by Crippen LogP contribution is -2.40. The van der Waals surface area contributed by atoms with Crippen LogP contribution in [0.2, 0.25) is 0 Å². The Balaban J connectivity index is 2.03. The molecule has 2 aromatic heterocycles. The molecule has 1 amide bonds. The number of thiophene rings is 1. The highest BCUT2D eigenvalue weighted by atomic mass is 32.2. The van der Waals surface area contributed by atoms with Crippen LogP contribution in [-0.4, -0.2) is 25.9 Å². The van der Waals surface area contributed by atoms with Gasteiger partial charge in [-0.05, 0) is 68.6 Å². The van der Waals surface area contributed by atoms with Crippen LogP contribution in [0.4, 0.5) is 0 Å². The summed E-state index contributed by atoms with van der Waals surface area (Å²) in [6.07, 6.45) is 0.701. The van der Waals surface area contributed by atoms with E-state index in [0.29, 0.717) is 6.42 Å². The van der Waals surface area contributed by atoms with E-state index < -0.39 is 21.5 Å². The predicted molar refractivity (Wildman–Crippen MR) is 93.7 cm³/mol. The summed E-state index contributed by atoms with van der Waals surface area (Å²) in [5.41, 5.74) is 0.508. The van der Waals surface area contributed by atoms with E-state index >= 15 is 0 Å². The predicted octanol–water partition coefficient (Wildman–Crippen LogP) is 2.78. The van der Waals surface area contributed by atoms with Crippen LogP contribution in [0, 0.1) is 0 Å². The van der Waals surface area contributed by atoms with Gasteiger partial charge in [-0.1, -0.05) is 0 Å². The minimum atomic E-state index is -3.80. The van der Waals surface area contributed by atoms with Gasteiger partial charge in [-0.25, -0.2) is 13.1 Å². The quantitative estimate of drug-likeness (QED) is 0.818. The van der Waals surface area contributed by atoms with E-state index in [0.717, 1.165) is 5.56 Å². The van der Waals surface area contributed by atoms with Crippen molar-refractivity contribution >= 4 is 27.3 Å². The van der Waals surface area contributed by atoms with Gasteiger partial charge in [0.2, 0.25) is 5.09 Å². The molecule has 6 nitrogen and oxygen atoms in total. The van der Waals surface area contributed by atoms with Gasteiger partial charge in [0.1, 0.15) is 0 Å². The summed E-state index contributed by atoms with van der Waals surface area (Å²) in [7, 11) is -3.80. The molecule has 0 saturated heterocycles. The highest BCUT2D eigenvalue weighted by Gasteiger charge is 2.26. The smallest absolute Gasteiger partial charge is 0.287 e. The Morgan fingerprint density at radius 3 is 2.58 bits per heavy atom. The minimum absolute atomic E-state index is 0.0264. The molecule has 8 heteroatoms. The van der Waals surface area contributed by atoms with Crippen molar-refractivity contribution in [2.75, 3.05) is 0 Å². The van der Waals surface area contributed by atoms with E-state index in [9.17, 15) is 13.2 Å². The average Bonchev–Trinajstić information content (AvgIpc) is 3.05. The summed E-state index contributed by atoms with van der Waals surface area (Å²) in [5.74, 6) is -0.462. The molecule has 24 heavy (non-hydrogen) atoms. The fourth-order valence-electron chi connectivity index (χ4n) is 2.15. The fourth-order valence-corrected chi connectivity index (χ4v) is 4.18. The topological polar surface area (TPSA) is 88.4 Å². The second kappa shape index (κ2) is 7.08. The van der Waals surface area contributed by atoms with Gasteiger partial charge in [0.05, 0.1) is 0 Å². The summed E-state index contributed by atoms with van der Waals surface area (Å²) in [6.45, 7) is 7.07. The second-order valence-electron chi connectivity index (χ2n) is 6.68. The Bertz CT molecular complexity index is 786. The van der Waals surface area contributed by atoms with Gasteiger partial charge in [-0.15, -0.1) is 0 Å². The van der Waals surface area contributed by atoms with E-state index in [1.54, 1.807) is 32.1 Å². The summed E-state index contributed by atoms with van der Waals surface area (Å²) in [6, 6.07) is 4.56.